The second-order valence-corrected chi connectivity index (χ2v) is 7.71. The Morgan fingerprint density at radius 3 is 2.46 bits per heavy atom. The van der Waals surface area contributed by atoms with Crippen LogP contribution >= 0.6 is 0 Å². The predicted octanol–water partition coefficient (Wildman–Crippen LogP) is 2.53. The van der Waals surface area contributed by atoms with Gasteiger partial charge in [-0.3, -0.25) is 4.79 Å². The first-order chi connectivity index (χ1) is 12.4. The van der Waals surface area contributed by atoms with Crippen molar-refractivity contribution in [2.75, 3.05) is 25.1 Å². The van der Waals surface area contributed by atoms with E-state index in [9.17, 15) is 17.6 Å². The molecule has 26 heavy (non-hydrogen) atoms. The summed E-state index contributed by atoms with van der Waals surface area (Å²) >= 11 is 0. The number of carbonyl (C=O) groups is 1. The molecular formula is C18H19FN2O4S. The molecule has 0 fully saturated rings. The van der Waals surface area contributed by atoms with Crippen molar-refractivity contribution in [1.82, 2.24) is 4.31 Å². The van der Waals surface area contributed by atoms with Gasteiger partial charge in [0.05, 0.1) is 17.1 Å². The van der Waals surface area contributed by atoms with Crippen molar-refractivity contribution in [2.24, 2.45) is 0 Å². The Hall–Kier alpha value is -2.29. The zero-order chi connectivity index (χ0) is 18.9. The number of hydrogen-bond acceptors (Lipinski definition) is 4. The molecule has 0 bridgehead atoms. The molecule has 0 spiro atoms. The van der Waals surface area contributed by atoms with Crippen LogP contribution in [0.25, 0.3) is 0 Å². The number of anilines is 1. The van der Waals surface area contributed by atoms with Crippen molar-refractivity contribution in [3.05, 3.63) is 59.9 Å². The molecule has 1 heterocycles. The molecule has 3 rings (SSSR count). The fourth-order valence-electron chi connectivity index (χ4n) is 2.90. The zero-order valence-electron chi connectivity index (χ0n) is 14.4. The number of fused-ring (bicyclic) bond motifs is 1. The zero-order valence-corrected chi connectivity index (χ0v) is 15.2. The first kappa shape index (κ1) is 18.5. The number of hydrogen-bond donors (Lipinski definition) is 0. The van der Waals surface area contributed by atoms with Crippen molar-refractivity contribution in [3.8, 4) is 0 Å². The highest BCUT2D eigenvalue weighted by molar-refractivity contribution is 7.89. The molecule has 8 heteroatoms. The van der Waals surface area contributed by atoms with Crippen LogP contribution in [0.3, 0.4) is 0 Å². The molecule has 0 saturated carbocycles. The van der Waals surface area contributed by atoms with Gasteiger partial charge in [0, 0.05) is 19.2 Å². The minimum Gasteiger partial charge on any atom is -0.358 e. The molecule has 2 aromatic rings. The maximum atomic E-state index is 13.2. The summed E-state index contributed by atoms with van der Waals surface area (Å²) in [5.74, 6) is -0.923. The molecule has 0 aromatic heterocycles. The van der Waals surface area contributed by atoms with E-state index in [-0.39, 0.29) is 24.0 Å². The summed E-state index contributed by atoms with van der Waals surface area (Å²) in [5, 5.41) is 0. The molecule has 0 saturated heterocycles. The summed E-state index contributed by atoms with van der Waals surface area (Å²) in [6, 6.07) is 11.5. The number of carbonyl (C=O) groups excluding carboxylic acids is 1. The van der Waals surface area contributed by atoms with Crippen molar-refractivity contribution < 1.29 is 22.3 Å². The van der Waals surface area contributed by atoms with Gasteiger partial charge in [-0.05, 0) is 37.3 Å². The van der Waals surface area contributed by atoms with Crippen LogP contribution in [0, 0.1) is 5.82 Å². The number of amides is 1. The van der Waals surface area contributed by atoms with E-state index >= 15 is 0 Å². The average molecular weight is 378 g/mol. The third-order valence-corrected chi connectivity index (χ3v) is 6.04. The van der Waals surface area contributed by atoms with Gasteiger partial charge in [-0.2, -0.15) is 4.31 Å². The summed E-state index contributed by atoms with van der Waals surface area (Å²) in [4.78, 5) is 13.9. The van der Waals surface area contributed by atoms with E-state index in [0.717, 1.165) is 16.4 Å². The number of sulfonamides is 1. The number of likely N-dealkylation sites (N-methyl/N-ethyl adjacent to an activating group) is 1. The second-order valence-electron chi connectivity index (χ2n) is 5.82. The fourth-order valence-corrected chi connectivity index (χ4v) is 4.36. The van der Waals surface area contributed by atoms with Crippen LogP contribution < -0.4 is 4.90 Å². The molecule has 1 aliphatic rings. The maximum absolute atomic E-state index is 13.2. The molecule has 0 N–H and O–H groups in total. The lowest BCUT2D eigenvalue weighted by Crippen LogP contribution is -2.41. The van der Waals surface area contributed by atoms with Gasteiger partial charge >= 0.3 is 0 Å². The van der Waals surface area contributed by atoms with E-state index in [4.69, 9.17) is 4.74 Å². The smallest absolute Gasteiger partial charge is 0.246 e. The van der Waals surface area contributed by atoms with E-state index in [0.29, 0.717) is 11.3 Å². The molecule has 1 unspecified atom stereocenters. The van der Waals surface area contributed by atoms with E-state index in [1.165, 1.54) is 17.0 Å². The van der Waals surface area contributed by atoms with Crippen LogP contribution in [0.5, 0.6) is 0 Å². The highest BCUT2D eigenvalue weighted by Gasteiger charge is 2.39. The minimum atomic E-state index is -4.08. The van der Waals surface area contributed by atoms with Crippen molar-refractivity contribution in [3.63, 3.8) is 0 Å². The van der Waals surface area contributed by atoms with Gasteiger partial charge in [0.1, 0.15) is 5.82 Å². The number of benzene rings is 2. The van der Waals surface area contributed by atoms with Crippen molar-refractivity contribution in [1.29, 1.82) is 0 Å². The molecule has 138 valence electrons. The largest absolute Gasteiger partial charge is 0.358 e. The van der Waals surface area contributed by atoms with Crippen molar-refractivity contribution >= 4 is 21.6 Å². The summed E-state index contributed by atoms with van der Waals surface area (Å²) in [6.45, 7) is 1.63. The van der Waals surface area contributed by atoms with Crippen LogP contribution in [0.2, 0.25) is 0 Å². The molecule has 6 nitrogen and oxygen atoms in total. The first-order valence-electron chi connectivity index (χ1n) is 8.10. The highest BCUT2D eigenvalue weighted by atomic mass is 32.2. The third kappa shape index (κ3) is 3.23. The van der Waals surface area contributed by atoms with Gasteiger partial charge in [-0.25, -0.2) is 12.8 Å². The van der Waals surface area contributed by atoms with Crippen LogP contribution in [0.4, 0.5) is 10.1 Å². The molecule has 1 atom stereocenters. The maximum Gasteiger partial charge on any atom is 0.246 e. The first-order valence-corrected chi connectivity index (χ1v) is 9.54. The van der Waals surface area contributed by atoms with Gasteiger partial charge in [0.25, 0.3) is 0 Å². The number of halogens is 1. The van der Waals surface area contributed by atoms with Gasteiger partial charge in [0.15, 0.2) is 6.23 Å². The Labute approximate surface area is 151 Å². The average Bonchev–Trinajstić information content (AvgIpc) is 2.73. The minimum absolute atomic E-state index is 0.0987. The standard InChI is InChI=1S/C18H19FN2O4S/c1-3-25-18-15-6-4-5-7-16(15)20(2)17(22)12-21(18)26(23,24)14-10-8-13(19)9-11-14/h4-11,18H,3,12H2,1-2H3. The molecule has 1 aliphatic heterocycles. The lowest BCUT2D eigenvalue weighted by Gasteiger charge is -2.28. The molecule has 0 radical (unpaired) electrons. The Bertz CT molecular complexity index is 915. The third-order valence-electron chi connectivity index (χ3n) is 4.24. The van der Waals surface area contributed by atoms with E-state index in [1.807, 2.05) is 0 Å². The Morgan fingerprint density at radius 2 is 1.81 bits per heavy atom. The molecule has 2 aromatic carbocycles. The quantitative estimate of drug-likeness (QED) is 0.820. The topological polar surface area (TPSA) is 66.9 Å². The Balaban J connectivity index is 2.15. The normalized spacial score (nSPS) is 18.5. The van der Waals surface area contributed by atoms with Gasteiger partial charge in [0.2, 0.25) is 15.9 Å². The predicted molar refractivity (Wildman–Crippen MR) is 94.5 cm³/mol. The van der Waals surface area contributed by atoms with E-state index in [2.05, 4.69) is 0 Å². The van der Waals surface area contributed by atoms with Crippen LogP contribution in [-0.4, -0.2) is 38.8 Å². The second kappa shape index (κ2) is 7.14. The summed E-state index contributed by atoms with van der Waals surface area (Å²) in [6.07, 6.45) is -0.958. The van der Waals surface area contributed by atoms with E-state index < -0.39 is 22.1 Å². The number of ether oxygens (including phenoxy) is 1. The molecular weight excluding hydrogens is 359 g/mol. The fraction of sp³-hybridized carbons (Fsp3) is 0.278. The summed E-state index contributed by atoms with van der Waals surface area (Å²) in [7, 11) is -2.48. The van der Waals surface area contributed by atoms with Crippen LogP contribution in [-0.2, 0) is 19.6 Å². The highest BCUT2D eigenvalue weighted by Crippen LogP contribution is 2.36. The molecule has 1 amide bonds. The van der Waals surface area contributed by atoms with Gasteiger partial charge in [-0.15, -0.1) is 0 Å². The lowest BCUT2D eigenvalue weighted by molar-refractivity contribution is -0.120. The number of rotatable bonds is 4. The molecule has 0 aliphatic carbocycles. The SMILES string of the molecule is CCOC1c2ccccc2N(C)C(=O)CN1S(=O)(=O)c1ccc(F)cc1. The van der Waals surface area contributed by atoms with Crippen LogP contribution in [0.1, 0.15) is 18.7 Å². The van der Waals surface area contributed by atoms with Crippen molar-refractivity contribution in [2.45, 2.75) is 18.0 Å². The summed E-state index contributed by atoms with van der Waals surface area (Å²) < 4.78 is 46.2. The van der Waals surface area contributed by atoms with Crippen LogP contribution in [0.15, 0.2) is 53.4 Å². The number of nitrogens with zero attached hydrogens (tertiary/aromatic N) is 2. The summed E-state index contributed by atoms with van der Waals surface area (Å²) in [5.41, 5.74) is 1.17. The lowest BCUT2D eigenvalue weighted by atomic mass is 10.1. The monoisotopic (exact) mass is 378 g/mol. The van der Waals surface area contributed by atoms with E-state index in [1.54, 1.807) is 38.2 Å². The van der Waals surface area contributed by atoms with Gasteiger partial charge < -0.3 is 9.64 Å². The number of para-hydroxylation sites is 1. The van der Waals surface area contributed by atoms with Gasteiger partial charge in [-0.1, -0.05) is 18.2 Å². The Morgan fingerprint density at radius 1 is 1.15 bits per heavy atom. The Kier molecular flexibility index (Phi) is 5.08.